The van der Waals surface area contributed by atoms with Crippen LogP contribution in [0.15, 0.2) is 48.5 Å². The molecule has 7 nitrogen and oxygen atoms in total. The number of likely N-dealkylation sites (tertiary alicyclic amines) is 1. The summed E-state index contributed by atoms with van der Waals surface area (Å²) in [5, 5.41) is 5.93. The summed E-state index contributed by atoms with van der Waals surface area (Å²) in [6.07, 6.45) is 1.02. The average molecular weight is 484 g/mol. The molecule has 3 rings (SSSR count). The Labute approximate surface area is 206 Å². The molecule has 2 aromatic carbocycles. The lowest BCUT2D eigenvalue weighted by Crippen LogP contribution is -2.55. The highest BCUT2D eigenvalue weighted by molar-refractivity contribution is 5.98. The lowest BCUT2D eigenvalue weighted by Gasteiger charge is -2.36. The zero-order valence-corrected chi connectivity index (χ0v) is 20.7. The number of nitrogens with zero attached hydrogens (tertiary/aromatic N) is 1. The van der Waals surface area contributed by atoms with Gasteiger partial charge < -0.3 is 20.3 Å². The third kappa shape index (κ3) is 6.59. The van der Waals surface area contributed by atoms with Gasteiger partial charge in [0.1, 0.15) is 17.6 Å². The van der Waals surface area contributed by atoms with Gasteiger partial charge in [-0.1, -0.05) is 26.0 Å². The molecular weight excluding hydrogens is 449 g/mol. The molecule has 2 N–H and O–H groups in total. The maximum Gasteiger partial charge on any atom is 0.256 e. The summed E-state index contributed by atoms with van der Waals surface area (Å²) < 4.78 is 19.2. The number of piperidine rings is 1. The molecular formula is C27H34FN3O4. The highest BCUT2D eigenvalue weighted by Gasteiger charge is 2.35. The molecule has 8 heteroatoms. The topological polar surface area (TPSA) is 87.7 Å². The van der Waals surface area contributed by atoms with Gasteiger partial charge in [-0.2, -0.15) is 0 Å². The lowest BCUT2D eigenvalue weighted by atomic mass is 9.87. The van der Waals surface area contributed by atoms with Crippen LogP contribution in [0.2, 0.25) is 0 Å². The maximum absolute atomic E-state index is 14.1. The van der Waals surface area contributed by atoms with Gasteiger partial charge in [-0.15, -0.1) is 0 Å². The molecule has 1 aliphatic rings. The first-order chi connectivity index (χ1) is 16.7. The summed E-state index contributed by atoms with van der Waals surface area (Å²) in [5.41, 5.74) is 0.464. The molecule has 0 radical (unpaired) electrons. The number of carbonyl (C=O) groups is 3. The Balaban J connectivity index is 1.72. The number of halogens is 1. The summed E-state index contributed by atoms with van der Waals surface area (Å²) in [7, 11) is 1.55. The highest BCUT2D eigenvalue weighted by Crippen LogP contribution is 2.24. The van der Waals surface area contributed by atoms with E-state index in [1.807, 2.05) is 20.8 Å². The van der Waals surface area contributed by atoms with Crippen molar-refractivity contribution in [1.29, 1.82) is 0 Å². The van der Waals surface area contributed by atoms with E-state index >= 15 is 0 Å². The van der Waals surface area contributed by atoms with Crippen LogP contribution in [0, 0.1) is 17.7 Å². The van der Waals surface area contributed by atoms with E-state index in [0.29, 0.717) is 37.2 Å². The quantitative estimate of drug-likeness (QED) is 0.600. The monoisotopic (exact) mass is 483 g/mol. The second kappa shape index (κ2) is 11.8. The van der Waals surface area contributed by atoms with E-state index in [4.69, 9.17) is 4.74 Å². The van der Waals surface area contributed by atoms with Gasteiger partial charge in [0.15, 0.2) is 0 Å². The Hall–Kier alpha value is -3.42. The molecule has 35 heavy (non-hydrogen) atoms. The Morgan fingerprint density at radius 2 is 1.60 bits per heavy atom. The van der Waals surface area contributed by atoms with Crippen LogP contribution in [0.25, 0.3) is 0 Å². The summed E-state index contributed by atoms with van der Waals surface area (Å²) in [6.45, 7) is 6.71. The molecule has 0 bridgehead atoms. The van der Waals surface area contributed by atoms with Crippen molar-refractivity contribution in [2.75, 3.05) is 20.2 Å². The number of amides is 3. The lowest BCUT2D eigenvalue weighted by molar-refractivity contribution is -0.125. The van der Waals surface area contributed by atoms with Crippen LogP contribution in [-0.2, 0) is 4.79 Å². The number of nitrogens with one attached hydrogen (secondary N) is 2. The van der Waals surface area contributed by atoms with Crippen molar-refractivity contribution < 1.29 is 23.5 Å². The van der Waals surface area contributed by atoms with Gasteiger partial charge in [-0.3, -0.25) is 14.4 Å². The molecule has 0 aliphatic carbocycles. The van der Waals surface area contributed by atoms with Crippen molar-refractivity contribution in [2.45, 2.75) is 45.7 Å². The van der Waals surface area contributed by atoms with Crippen molar-refractivity contribution in [3.8, 4) is 5.75 Å². The smallest absolute Gasteiger partial charge is 0.256 e. The maximum atomic E-state index is 14.1. The fourth-order valence-corrected chi connectivity index (χ4v) is 4.09. The molecule has 1 heterocycles. The predicted molar refractivity (Wildman–Crippen MR) is 132 cm³/mol. The first kappa shape index (κ1) is 26.2. The van der Waals surface area contributed by atoms with Crippen LogP contribution in [0.3, 0.4) is 0 Å². The minimum Gasteiger partial charge on any atom is -0.497 e. The van der Waals surface area contributed by atoms with E-state index in [-0.39, 0.29) is 41.2 Å². The minimum atomic E-state index is -0.753. The number of hydrogen-bond donors (Lipinski definition) is 2. The standard InChI is InChI=1S/C27H34FN3O4/c1-17(2)18(3)29-26(33)24(30-25(32)20-9-11-21(35-4)12-10-20)19-13-15-31(16-14-19)27(34)22-7-5-6-8-23(22)28/h5-12,17-19,24H,13-16H2,1-4H3,(H,29,33)(H,30,32)/t18-,24-/m0/s1. The van der Waals surface area contributed by atoms with E-state index < -0.39 is 11.9 Å². The minimum absolute atomic E-state index is 0.0406. The fraction of sp³-hybridized carbons (Fsp3) is 0.444. The van der Waals surface area contributed by atoms with Crippen LogP contribution in [0.1, 0.15) is 54.3 Å². The second-order valence-electron chi connectivity index (χ2n) is 9.33. The predicted octanol–water partition coefficient (Wildman–Crippen LogP) is 3.65. The third-order valence-electron chi connectivity index (χ3n) is 6.69. The van der Waals surface area contributed by atoms with Gasteiger partial charge in [-0.25, -0.2) is 4.39 Å². The van der Waals surface area contributed by atoms with Gasteiger partial charge in [-0.05, 0) is 68.0 Å². The van der Waals surface area contributed by atoms with E-state index in [9.17, 15) is 18.8 Å². The van der Waals surface area contributed by atoms with Crippen molar-refractivity contribution >= 4 is 17.7 Å². The van der Waals surface area contributed by atoms with Gasteiger partial charge in [0.2, 0.25) is 5.91 Å². The van der Waals surface area contributed by atoms with Crippen molar-refractivity contribution in [3.05, 3.63) is 65.5 Å². The van der Waals surface area contributed by atoms with Crippen molar-refractivity contribution in [2.24, 2.45) is 11.8 Å². The zero-order chi connectivity index (χ0) is 25.5. The highest BCUT2D eigenvalue weighted by atomic mass is 19.1. The number of benzene rings is 2. The Morgan fingerprint density at radius 1 is 0.971 bits per heavy atom. The molecule has 1 aliphatic heterocycles. The van der Waals surface area contributed by atoms with E-state index in [0.717, 1.165) is 0 Å². The van der Waals surface area contributed by atoms with Crippen molar-refractivity contribution in [1.82, 2.24) is 15.5 Å². The SMILES string of the molecule is COc1ccc(C(=O)N[C@H](C(=O)N[C@@H](C)C(C)C)C2CCN(C(=O)c3ccccc3F)CC2)cc1. The van der Waals surface area contributed by atoms with Crippen LogP contribution in [0.4, 0.5) is 4.39 Å². The molecule has 1 fully saturated rings. The van der Waals surface area contributed by atoms with Crippen LogP contribution in [-0.4, -0.2) is 54.9 Å². The molecule has 0 saturated carbocycles. The number of carbonyl (C=O) groups excluding carboxylic acids is 3. The van der Waals surface area contributed by atoms with Crippen molar-refractivity contribution in [3.63, 3.8) is 0 Å². The zero-order valence-electron chi connectivity index (χ0n) is 20.7. The van der Waals surface area contributed by atoms with Crippen LogP contribution >= 0.6 is 0 Å². The summed E-state index contributed by atoms with van der Waals surface area (Å²) >= 11 is 0. The molecule has 3 amide bonds. The molecule has 0 unspecified atom stereocenters. The summed E-state index contributed by atoms with van der Waals surface area (Å²) in [4.78, 5) is 40.6. The first-order valence-electron chi connectivity index (χ1n) is 12.0. The number of methoxy groups -OCH3 is 1. The fourth-order valence-electron chi connectivity index (χ4n) is 4.09. The number of rotatable bonds is 8. The van der Waals surface area contributed by atoms with E-state index in [1.165, 1.54) is 12.1 Å². The van der Waals surface area contributed by atoms with E-state index in [2.05, 4.69) is 10.6 Å². The number of ether oxygens (including phenoxy) is 1. The average Bonchev–Trinajstić information content (AvgIpc) is 2.87. The molecule has 0 aromatic heterocycles. The largest absolute Gasteiger partial charge is 0.497 e. The van der Waals surface area contributed by atoms with Gasteiger partial charge in [0.05, 0.1) is 12.7 Å². The second-order valence-corrected chi connectivity index (χ2v) is 9.33. The summed E-state index contributed by atoms with van der Waals surface area (Å²) in [6, 6.07) is 11.8. The van der Waals surface area contributed by atoms with Gasteiger partial charge in [0, 0.05) is 24.7 Å². The van der Waals surface area contributed by atoms with Crippen LogP contribution in [0.5, 0.6) is 5.75 Å². The molecule has 2 atom stereocenters. The van der Waals surface area contributed by atoms with E-state index in [1.54, 1.807) is 48.4 Å². The molecule has 0 spiro atoms. The molecule has 2 aromatic rings. The third-order valence-corrected chi connectivity index (χ3v) is 6.69. The normalized spacial score (nSPS) is 15.9. The molecule has 188 valence electrons. The number of hydrogen-bond acceptors (Lipinski definition) is 4. The Kier molecular flexibility index (Phi) is 8.84. The Morgan fingerprint density at radius 3 is 2.17 bits per heavy atom. The van der Waals surface area contributed by atoms with Gasteiger partial charge in [0.25, 0.3) is 11.8 Å². The Bertz CT molecular complexity index is 1030. The van der Waals surface area contributed by atoms with Gasteiger partial charge >= 0.3 is 0 Å². The first-order valence-corrected chi connectivity index (χ1v) is 12.0. The molecule has 1 saturated heterocycles. The van der Waals surface area contributed by atoms with Crippen LogP contribution < -0.4 is 15.4 Å². The summed E-state index contributed by atoms with van der Waals surface area (Å²) in [5.74, 6) is -0.807.